The molecule has 0 aromatic heterocycles. The van der Waals surface area contributed by atoms with Crippen LogP contribution < -0.4 is 4.90 Å². The van der Waals surface area contributed by atoms with E-state index in [1.807, 2.05) is 49.1 Å². The van der Waals surface area contributed by atoms with Crippen LogP contribution in [0, 0.1) is 5.82 Å². The quantitative estimate of drug-likeness (QED) is 0.886. The van der Waals surface area contributed by atoms with Crippen molar-refractivity contribution in [3.8, 4) is 0 Å². The lowest BCUT2D eigenvalue weighted by atomic mass is 10.1. The molecule has 2 aromatic rings. The smallest absolute Gasteiger partial charge is 0.146 e. The van der Waals surface area contributed by atoms with Crippen LogP contribution in [0.25, 0.3) is 0 Å². The minimum absolute atomic E-state index is 0.178. The maximum absolute atomic E-state index is 14.4. The summed E-state index contributed by atoms with van der Waals surface area (Å²) < 4.78 is 14.4. The van der Waals surface area contributed by atoms with Crippen molar-refractivity contribution < 1.29 is 9.50 Å². The van der Waals surface area contributed by atoms with Gasteiger partial charge in [-0.05, 0) is 44.0 Å². The molecule has 0 aliphatic carbocycles. The molecule has 112 valence electrons. The van der Waals surface area contributed by atoms with E-state index in [-0.39, 0.29) is 11.9 Å². The molecule has 0 saturated heterocycles. The lowest BCUT2D eigenvalue weighted by molar-refractivity contribution is 0.199. The Morgan fingerprint density at radius 3 is 2.24 bits per heavy atom. The number of aliphatic hydroxyl groups is 1. The molecule has 0 radical (unpaired) electrons. The highest BCUT2D eigenvalue weighted by Gasteiger charge is 2.16. The van der Waals surface area contributed by atoms with Crippen LogP contribution in [-0.2, 0) is 6.54 Å². The van der Waals surface area contributed by atoms with Gasteiger partial charge < -0.3 is 10.0 Å². The Kier molecular flexibility index (Phi) is 4.97. The lowest BCUT2D eigenvalue weighted by Crippen LogP contribution is -2.31. The first-order valence-electron chi connectivity index (χ1n) is 7.27. The van der Waals surface area contributed by atoms with Gasteiger partial charge in [-0.2, -0.15) is 0 Å². The second-order valence-electron chi connectivity index (χ2n) is 5.59. The van der Waals surface area contributed by atoms with E-state index in [1.54, 1.807) is 19.1 Å². The Morgan fingerprint density at radius 2 is 1.71 bits per heavy atom. The van der Waals surface area contributed by atoms with E-state index in [2.05, 4.69) is 0 Å². The third-order valence-corrected chi connectivity index (χ3v) is 3.58. The summed E-state index contributed by atoms with van der Waals surface area (Å²) in [5.74, 6) is -0.293. The van der Waals surface area contributed by atoms with Crippen LogP contribution in [0.1, 0.15) is 38.0 Å². The van der Waals surface area contributed by atoms with Crippen molar-refractivity contribution in [1.82, 2.24) is 0 Å². The standard InChI is InChI=1S/C18H22FNO/c1-13(2)20(12-15-7-5-4-6-8-15)18-10-9-16(14(3)21)11-17(18)19/h4-11,13-14,21H,12H2,1-3H3. The van der Waals surface area contributed by atoms with Crippen molar-refractivity contribution >= 4 is 5.69 Å². The molecule has 0 heterocycles. The van der Waals surface area contributed by atoms with Gasteiger partial charge in [0.05, 0.1) is 11.8 Å². The van der Waals surface area contributed by atoms with Crippen molar-refractivity contribution in [3.05, 3.63) is 65.5 Å². The molecule has 1 unspecified atom stereocenters. The van der Waals surface area contributed by atoms with Gasteiger partial charge >= 0.3 is 0 Å². The third kappa shape index (κ3) is 3.82. The first kappa shape index (κ1) is 15.5. The van der Waals surface area contributed by atoms with Crippen LogP contribution in [0.15, 0.2) is 48.5 Å². The lowest BCUT2D eigenvalue weighted by Gasteiger charge is -2.30. The van der Waals surface area contributed by atoms with Crippen molar-refractivity contribution in [2.75, 3.05) is 4.90 Å². The van der Waals surface area contributed by atoms with Crippen LogP contribution >= 0.6 is 0 Å². The first-order chi connectivity index (χ1) is 9.99. The number of nitrogens with zero attached hydrogens (tertiary/aromatic N) is 1. The summed E-state index contributed by atoms with van der Waals surface area (Å²) in [4.78, 5) is 2.02. The number of halogens is 1. The van der Waals surface area contributed by atoms with Gasteiger partial charge in [0.2, 0.25) is 0 Å². The number of rotatable bonds is 5. The fraction of sp³-hybridized carbons (Fsp3) is 0.333. The molecule has 0 bridgehead atoms. The number of hydrogen-bond donors (Lipinski definition) is 1. The van der Waals surface area contributed by atoms with Crippen LogP contribution in [-0.4, -0.2) is 11.1 Å². The van der Waals surface area contributed by atoms with E-state index in [1.165, 1.54) is 6.07 Å². The molecular formula is C18H22FNO. The van der Waals surface area contributed by atoms with Gasteiger partial charge in [0.25, 0.3) is 0 Å². The minimum atomic E-state index is -0.657. The van der Waals surface area contributed by atoms with E-state index in [0.29, 0.717) is 17.8 Å². The zero-order valence-corrected chi connectivity index (χ0v) is 12.8. The van der Waals surface area contributed by atoms with Crippen LogP contribution in [0.4, 0.5) is 10.1 Å². The third-order valence-electron chi connectivity index (χ3n) is 3.58. The van der Waals surface area contributed by atoms with Crippen molar-refractivity contribution in [2.45, 2.75) is 39.5 Å². The Morgan fingerprint density at radius 1 is 1.05 bits per heavy atom. The summed E-state index contributed by atoms with van der Waals surface area (Å²) >= 11 is 0. The predicted octanol–water partition coefficient (Wildman–Crippen LogP) is 4.29. The summed E-state index contributed by atoms with van der Waals surface area (Å²) in [6.45, 7) is 6.39. The van der Waals surface area contributed by atoms with E-state index >= 15 is 0 Å². The van der Waals surface area contributed by atoms with E-state index in [0.717, 1.165) is 5.56 Å². The fourth-order valence-corrected chi connectivity index (χ4v) is 2.34. The molecule has 0 aliphatic rings. The Balaban J connectivity index is 2.30. The van der Waals surface area contributed by atoms with Gasteiger partial charge in [-0.3, -0.25) is 0 Å². The summed E-state index contributed by atoms with van der Waals surface area (Å²) in [7, 11) is 0. The zero-order valence-electron chi connectivity index (χ0n) is 12.8. The predicted molar refractivity (Wildman–Crippen MR) is 84.8 cm³/mol. The summed E-state index contributed by atoms with van der Waals surface area (Å²) in [5, 5.41) is 9.54. The molecule has 2 aromatic carbocycles. The Bertz CT molecular complexity index is 581. The fourth-order valence-electron chi connectivity index (χ4n) is 2.34. The molecule has 2 nitrogen and oxygen atoms in total. The van der Waals surface area contributed by atoms with Gasteiger partial charge in [0, 0.05) is 12.6 Å². The molecule has 1 atom stereocenters. The molecule has 0 spiro atoms. The maximum atomic E-state index is 14.4. The maximum Gasteiger partial charge on any atom is 0.146 e. The van der Waals surface area contributed by atoms with Crippen molar-refractivity contribution in [1.29, 1.82) is 0 Å². The number of hydrogen-bond acceptors (Lipinski definition) is 2. The van der Waals surface area contributed by atoms with Gasteiger partial charge in [-0.25, -0.2) is 4.39 Å². The average molecular weight is 287 g/mol. The molecule has 0 aliphatic heterocycles. The molecule has 0 saturated carbocycles. The number of aliphatic hydroxyl groups excluding tert-OH is 1. The van der Waals surface area contributed by atoms with Crippen LogP contribution in [0.2, 0.25) is 0 Å². The van der Waals surface area contributed by atoms with Gasteiger partial charge in [0.15, 0.2) is 0 Å². The number of benzene rings is 2. The minimum Gasteiger partial charge on any atom is -0.389 e. The highest BCUT2D eigenvalue weighted by molar-refractivity contribution is 5.50. The van der Waals surface area contributed by atoms with E-state index < -0.39 is 6.10 Å². The zero-order chi connectivity index (χ0) is 15.4. The van der Waals surface area contributed by atoms with Crippen LogP contribution in [0.3, 0.4) is 0 Å². The summed E-state index contributed by atoms with van der Waals surface area (Å²) in [6.07, 6.45) is -0.657. The van der Waals surface area contributed by atoms with E-state index in [9.17, 15) is 9.50 Å². The molecule has 3 heteroatoms. The highest BCUT2D eigenvalue weighted by atomic mass is 19.1. The molecule has 0 amide bonds. The molecule has 21 heavy (non-hydrogen) atoms. The van der Waals surface area contributed by atoms with Gasteiger partial charge in [-0.1, -0.05) is 36.4 Å². The monoisotopic (exact) mass is 287 g/mol. The first-order valence-corrected chi connectivity index (χ1v) is 7.27. The summed E-state index contributed by atoms with van der Waals surface area (Å²) in [5.41, 5.74) is 2.31. The Hall–Kier alpha value is -1.87. The van der Waals surface area contributed by atoms with E-state index in [4.69, 9.17) is 0 Å². The topological polar surface area (TPSA) is 23.5 Å². The van der Waals surface area contributed by atoms with Crippen molar-refractivity contribution in [3.63, 3.8) is 0 Å². The number of anilines is 1. The van der Waals surface area contributed by atoms with Gasteiger partial charge in [0.1, 0.15) is 5.82 Å². The SMILES string of the molecule is CC(O)c1ccc(N(Cc2ccccc2)C(C)C)c(F)c1. The molecule has 2 rings (SSSR count). The Labute approximate surface area is 125 Å². The van der Waals surface area contributed by atoms with Crippen LogP contribution in [0.5, 0.6) is 0 Å². The highest BCUT2D eigenvalue weighted by Crippen LogP contribution is 2.26. The second-order valence-corrected chi connectivity index (χ2v) is 5.59. The average Bonchev–Trinajstić information content (AvgIpc) is 2.46. The van der Waals surface area contributed by atoms with Gasteiger partial charge in [-0.15, -0.1) is 0 Å². The second kappa shape index (κ2) is 6.72. The normalized spacial score (nSPS) is 12.5. The largest absolute Gasteiger partial charge is 0.389 e. The molecule has 1 N–H and O–H groups in total. The van der Waals surface area contributed by atoms with Crippen molar-refractivity contribution in [2.24, 2.45) is 0 Å². The summed E-state index contributed by atoms with van der Waals surface area (Å²) in [6, 6.07) is 15.2. The molecule has 0 fully saturated rings. The molecular weight excluding hydrogens is 265 g/mol.